The highest BCUT2D eigenvalue weighted by atomic mass is 32.2. The van der Waals surface area contributed by atoms with Crippen LogP contribution in [0.25, 0.3) is 0 Å². The molecule has 2 aliphatic rings. The normalized spacial score (nSPS) is 30.2. The fourth-order valence-electron chi connectivity index (χ4n) is 2.73. The van der Waals surface area contributed by atoms with Crippen LogP contribution in [-0.2, 0) is 4.74 Å². The minimum atomic E-state index is 0.0373. The van der Waals surface area contributed by atoms with Crippen molar-refractivity contribution in [2.45, 2.75) is 30.9 Å². The van der Waals surface area contributed by atoms with Crippen LogP contribution in [0.1, 0.15) is 25.0 Å². The molecule has 6 heteroatoms. The molecular formula is C13H16N4OS. The first kappa shape index (κ1) is 12.7. The van der Waals surface area contributed by atoms with Crippen LogP contribution < -0.4 is 5.32 Å². The lowest BCUT2D eigenvalue weighted by Crippen LogP contribution is -2.44. The van der Waals surface area contributed by atoms with Crippen molar-refractivity contribution in [2.24, 2.45) is 0 Å². The third-order valence-corrected chi connectivity index (χ3v) is 4.93. The number of thioether (sulfide) groups is 1. The molecule has 1 N–H and O–H groups in total. The maximum Gasteiger partial charge on any atom is 0.182 e. The van der Waals surface area contributed by atoms with E-state index < -0.39 is 0 Å². The number of nitrogens with one attached hydrogen (secondary N) is 1. The second kappa shape index (κ2) is 5.35. The standard InChI is InChI=1S/C13H16N4OS/c14-8-11-12(16-4-3-15-11)17-10-1-5-18-13(7-10)2-6-19-9-13/h3-4,10H,1-2,5-7,9H2,(H,16,17). The molecular weight excluding hydrogens is 260 g/mol. The minimum Gasteiger partial charge on any atom is -0.374 e. The van der Waals surface area contributed by atoms with Gasteiger partial charge in [-0.1, -0.05) is 0 Å². The van der Waals surface area contributed by atoms with Gasteiger partial charge in [-0.3, -0.25) is 0 Å². The summed E-state index contributed by atoms with van der Waals surface area (Å²) in [6.45, 7) is 0.778. The lowest BCUT2D eigenvalue weighted by molar-refractivity contribution is -0.0628. The van der Waals surface area contributed by atoms with Gasteiger partial charge < -0.3 is 10.1 Å². The van der Waals surface area contributed by atoms with Gasteiger partial charge in [-0.15, -0.1) is 0 Å². The van der Waals surface area contributed by atoms with E-state index in [1.165, 1.54) is 5.75 Å². The molecule has 0 aliphatic carbocycles. The summed E-state index contributed by atoms with van der Waals surface area (Å²) in [5.74, 6) is 2.86. The van der Waals surface area contributed by atoms with Gasteiger partial charge in [0.25, 0.3) is 0 Å². The molecule has 1 aromatic heterocycles. The van der Waals surface area contributed by atoms with Gasteiger partial charge in [0.1, 0.15) is 6.07 Å². The lowest BCUT2D eigenvalue weighted by Gasteiger charge is -2.38. The van der Waals surface area contributed by atoms with Crippen molar-refractivity contribution in [3.63, 3.8) is 0 Å². The number of nitriles is 1. The van der Waals surface area contributed by atoms with E-state index in [-0.39, 0.29) is 5.60 Å². The van der Waals surface area contributed by atoms with Crippen molar-refractivity contribution in [3.8, 4) is 6.07 Å². The molecule has 3 rings (SSSR count). The number of nitrogens with zero attached hydrogens (tertiary/aromatic N) is 3. The van der Waals surface area contributed by atoms with Crippen molar-refractivity contribution >= 4 is 17.6 Å². The zero-order valence-corrected chi connectivity index (χ0v) is 11.4. The zero-order chi connectivity index (χ0) is 13.1. The maximum atomic E-state index is 9.03. The first-order valence-corrected chi connectivity index (χ1v) is 7.66. The summed E-state index contributed by atoms with van der Waals surface area (Å²) in [7, 11) is 0. The van der Waals surface area contributed by atoms with E-state index in [9.17, 15) is 0 Å². The van der Waals surface area contributed by atoms with Gasteiger partial charge in [0.15, 0.2) is 11.5 Å². The largest absolute Gasteiger partial charge is 0.374 e. The molecule has 2 aliphatic heterocycles. The average Bonchev–Trinajstić information content (AvgIpc) is 2.87. The van der Waals surface area contributed by atoms with Crippen LogP contribution in [0.15, 0.2) is 12.4 Å². The predicted octanol–water partition coefficient (Wildman–Crippen LogP) is 1.81. The summed E-state index contributed by atoms with van der Waals surface area (Å²) >= 11 is 1.96. The summed E-state index contributed by atoms with van der Waals surface area (Å²) < 4.78 is 5.99. The zero-order valence-electron chi connectivity index (χ0n) is 10.6. The Kier molecular flexibility index (Phi) is 3.58. The quantitative estimate of drug-likeness (QED) is 0.888. The molecule has 2 fully saturated rings. The molecule has 0 radical (unpaired) electrons. The Morgan fingerprint density at radius 1 is 1.47 bits per heavy atom. The SMILES string of the molecule is N#Cc1nccnc1NC1CCOC2(CCSC2)C1. The average molecular weight is 276 g/mol. The number of anilines is 1. The third-order valence-electron chi connectivity index (χ3n) is 3.71. The smallest absolute Gasteiger partial charge is 0.182 e. The molecule has 0 amide bonds. The number of rotatable bonds is 2. The van der Waals surface area contributed by atoms with E-state index in [0.29, 0.717) is 17.6 Å². The van der Waals surface area contributed by atoms with Crippen molar-refractivity contribution in [3.05, 3.63) is 18.1 Å². The summed E-state index contributed by atoms with van der Waals surface area (Å²) in [4.78, 5) is 8.25. The van der Waals surface area contributed by atoms with Crippen LogP contribution in [0, 0.1) is 11.3 Å². The van der Waals surface area contributed by atoms with E-state index >= 15 is 0 Å². The molecule has 19 heavy (non-hydrogen) atoms. The van der Waals surface area contributed by atoms with E-state index in [2.05, 4.69) is 21.4 Å². The molecule has 0 bridgehead atoms. The van der Waals surface area contributed by atoms with Crippen LogP contribution in [0.3, 0.4) is 0 Å². The number of hydrogen-bond acceptors (Lipinski definition) is 6. The molecule has 3 heterocycles. The highest BCUT2D eigenvalue weighted by Gasteiger charge is 2.40. The van der Waals surface area contributed by atoms with Gasteiger partial charge in [-0.05, 0) is 25.0 Å². The highest BCUT2D eigenvalue weighted by Crippen LogP contribution is 2.38. The fourth-order valence-corrected chi connectivity index (χ4v) is 4.11. The van der Waals surface area contributed by atoms with Crippen molar-refractivity contribution < 1.29 is 4.74 Å². The third kappa shape index (κ3) is 2.67. The molecule has 0 saturated carbocycles. The Hall–Kier alpha value is -1.32. The van der Waals surface area contributed by atoms with Crippen molar-refractivity contribution in [1.29, 1.82) is 5.26 Å². The van der Waals surface area contributed by atoms with Gasteiger partial charge >= 0.3 is 0 Å². The van der Waals surface area contributed by atoms with E-state index in [0.717, 1.165) is 31.6 Å². The Bertz CT molecular complexity index is 496. The molecule has 2 unspecified atom stereocenters. The second-order valence-electron chi connectivity index (χ2n) is 5.03. The monoisotopic (exact) mass is 276 g/mol. The lowest BCUT2D eigenvalue weighted by atomic mass is 9.90. The Balaban J connectivity index is 1.71. The summed E-state index contributed by atoms with van der Waals surface area (Å²) in [5, 5.41) is 12.4. The van der Waals surface area contributed by atoms with Crippen LogP contribution in [0.4, 0.5) is 5.82 Å². The van der Waals surface area contributed by atoms with Crippen LogP contribution in [-0.4, -0.2) is 39.7 Å². The fraction of sp³-hybridized carbons (Fsp3) is 0.615. The van der Waals surface area contributed by atoms with E-state index in [1.807, 2.05) is 11.8 Å². The van der Waals surface area contributed by atoms with Gasteiger partial charge in [0.05, 0.1) is 5.60 Å². The summed E-state index contributed by atoms with van der Waals surface area (Å²) in [6, 6.07) is 2.39. The number of hydrogen-bond donors (Lipinski definition) is 1. The molecule has 1 aromatic rings. The maximum absolute atomic E-state index is 9.03. The van der Waals surface area contributed by atoms with Crippen molar-refractivity contribution in [2.75, 3.05) is 23.4 Å². The van der Waals surface area contributed by atoms with Gasteiger partial charge in [-0.2, -0.15) is 17.0 Å². The second-order valence-corrected chi connectivity index (χ2v) is 6.14. The van der Waals surface area contributed by atoms with Crippen LogP contribution in [0.5, 0.6) is 0 Å². The summed E-state index contributed by atoms with van der Waals surface area (Å²) in [6.07, 6.45) is 6.23. The minimum absolute atomic E-state index is 0.0373. The first-order valence-electron chi connectivity index (χ1n) is 6.51. The van der Waals surface area contributed by atoms with Gasteiger partial charge in [0.2, 0.25) is 0 Å². The highest BCUT2D eigenvalue weighted by molar-refractivity contribution is 7.99. The molecule has 1 spiro atoms. The Morgan fingerprint density at radius 2 is 2.37 bits per heavy atom. The predicted molar refractivity (Wildman–Crippen MR) is 74.0 cm³/mol. The van der Waals surface area contributed by atoms with Crippen molar-refractivity contribution in [1.82, 2.24) is 9.97 Å². The number of ether oxygens (including phenoxy) is 1. The summed E-state index contributed by atoms with van der Waals surface area (Å²) in [5.41, 5.74) is 0.402. The Morgan fingerprint density at radius 3 is 3.16 bits per heavy atom. The first-order chi connectivity index (χ1) is 9.31. The van der Waals surface area contributed by atoms with Gasteiger partial charge in [0, 0.05) is 30.8 Å². The van der Waals surface area contributed by atoms with Crippen LogP contribution >= 0.6 is 11.8 Å². The number of aromatic nitrogens is 2. The van der Waals surface area contributed by atoms with E-state index in [1.54, 1.807) is 12.4 Å². The van der Waals surface area contributed by atoms with E-state index in [4.69, 9.17) is 10.00 Å². The van der Waals surface area contributed by atoms with Crippen LogP contribution in [0.2, 0.25) is 0 Å². The molecule has 2 atom stereocenters. The Labute approximate surface area is 116 Å². The molecule has 5 nitrogen and oxygen atoms in total. The molecule has 2 saturated heterocycles. The molecule has 0 aromatic carbocycles. The molecule has 100 valence electrons. The topological polar surface area (TPSA) is 70.8 Å². The van der Waals surface area contributed by atoms with Gasteiger partial charge in [-0.25, -0.2) is 9.97 Å².